The lowest BCUT2D eigenvalue weighted by Gasteiger charge is -2.34. The molecule has 0 radical (unpaired) electrons. The molecule has 1 amide bonds. The van der Waals surface area contributed by atoms with E-state index in [1.165, 1.54) is 17.7 Å². The van der Waals surface area contributed by atoms with Gasteiger partial charge in [0.15, 0.2) is 0 Å². The number of aromatic nitrogens is 1. The van der Waals surface area contributed by atoms with Crippen LogP contribution < -0.4 is 0 Å². The van der Waals surface area contributed by atoms with E-state index in [1.54, 1.807) is 12.3 Å². The smallest absolute Gasteiger partial charge is 0.256 e. The van der Waals surface area contributed by atoms with E-state index in [4.69, 9.17) is 0 Å². The molecule has 1 aliphatic heterocycles. The van der Waals surface area contributed by atoms with Crippen LogP contribution in [-0.4, -0.2) is 46.9 Å². The fourth-order valence-electron chi connectivity index (χ4n) is 3.39. The Morgan fingerprint density at radius 2 is 1.80 bits per heavy atom. The molecule has 4 rings (SSSR count). The number of halogens is 1. The van der Waals surface area contributed by atoms with Gasteiger partial charge < -0.3 is 9.88 Å². The Bertz CT molecular complexity index is 882. The molecule has 5 heteroatoms. The number of rotatable bonds is 3. The number of nitrogens with zero attached hydrogens (tertiary/aromatic N) is 2. The summed E-state index contributed by atoms with van der Waals surface area (Å²) in [6.45, 7) is 3.97. The topological polar surface area (TPSA) is 39.3 Å². The lowest BCUT2D eigenvalue weighted by Crippen LogP contribution is -2.48. The number of carbonyl (C=O) groups is 1. The van der Waals surface area contributed by atoms with Crippen LogP contribution in [0.4, 0.5) is 4.39 Å². The maximum absolute atomic E-state index is 13.5. The summed E-state index contributed by atoms with van der Waals surface area (Å²) < 4.78 is 13.5. The van der Waals surface area contributed by atoms with Crippen LogP contribution in [0.3, 0.4) is 0 Å². The van der Waals surface area contributed by atoms with Crippen LogP contribution in [0.15, 0.2) is 54.7 Å². The molecule has 2 heterocycles. The summed E-state index contributed by atoms with van der Waals surface area (Å²) in [4.78, 5) is 20.1. The lowest BCUT2D eigenvalue weighted by atomic mass is 10.1. The fraction of sp³-hybridized carbons (Fsp3) is 0.250. The molecule has 1 aromatic heterocycles. The number of nitrogens with one attached hydrogen (secondary N) is 1. The first kappa shape index (κ1) is 15.8. The van der Waals surface area contributed by atoms with E-state index in [0.29, 0.717) is 24.0 Å². The normalized spacial score (nSPS) is 15.6. The molecule has 2 aromatic carbocycles. The summed E-state index contributed by atoms with van der Waals surface area (Å²) in [6, 6.07) is 14.8. The minimum atomic E-state index is -0.325. The number of carbonyl (C=O) groups excluding carboxylic acids is 1. The number of H-pyrrole nitrogens is 1. The van der Waals surface area contributed by atoms with Gasteiger partial charge in [0.25, 0.3) is 5.91 Å². The summed E-state index contributed by atoms with van der Waals surface area (Å²) in [5.74, 6) is -0.356. The Balaban J connectivity index is 1.43. The lowest BCUT2D eigenvalue weighted by molar-refractivity contribution is 0.0630. The highest BCUT2D eigenvalue weighted by Gasteiger charge is 2.24. The zero-order valence-corrected chi connectivity index (χ0v) is 13.9. The third-order valence-electron chi connectivity index (χ3n) is 4.78. The molecule has 1 N–H and O–H groups in total. The fourth-order valence-corrected chi connectivity index (χ4v) is 3.39. The Morgan fingerprint density at radius 1 is 1.04 bits per heavy atom. The van der Waals surface area contributed by atoms with Crippen LogP contribution in [0.1, 0.15) is 15.9 Å². The number of aromatic amines is 1. The first-order valence-corrected chi connectivity index (χ1v) is 8.53. The predicted molar refractivity (Wildman–Crippen MR) is 95.9 cm³/mol. The first-order valence-electron chi connectivity index (χ1n) is 8.53. The van der Waals surface area contributed by atoms with E-state index in [0.717, 1.165) is 25.2 Å². The Labute approximate surface area is 145 Å². The van der Waals surface area contributed by atoms with Gasteiger partial charge >= 0.3 is 0 Å². The van der Waals surface area contributed by atoms with Crippen LogP contribution in [-0.2, 0) is 6.54 Å². The molecule has 0 aliphatic carbocycles. The molecule has 0 spiro atoms. The number of amides is 1. The molecule has 3 aromatic rings. The van der Waals surface area contributed by atoms with Crippen molar-refractivity contribution in [2.24, 2.45) is 0 Å². The number of hydrogen-bond acceptors (Lipinski definition) is 2. The summed E-state index contributed by atoms with van der Waals surface area (Å²) in [7, 11) is 0. The quantitative estimate of drug-likeness (QED) is 0.797. The molecule has 1 saturated heterocycles. The molecule has 4 nitrogen and oxygen atoms in total. The number of fused-ring (bicyclic) bond motifs is 1. The van der Waals surface area contributed by atoms with Gasteiger partial charge in [-0.1, -0.05) is 30.3 Å². The Kier molecular flexibility index (Phi) is 4.24. The number of benzene rings is 2. The predicted octanol–water partition coefficient (Wildman–Crippen LogP) is 3.27. The van der Waals surface area contributed by atoms with Crippen molar-refractivity contribution >= 4 is 16.8 Å². The Morgan fingerprint density at radius 3 is 2.56 bits per heavy atom. The summed E-state index contributed by atoms with van der Waals surface area (Å²) in [5, 5.41) is 0.650. The van der Waals surface area contributed by atoms with Crippen molar-refractivity contribution in [3.63, 3.8) is 0 Å². The average molecular weight is 337 g/mol. The first-order chi connectivity index (χ1) is 12.2. The van der Waals surface area contributed by atoms with Crippen molar-refractivity contribution in [3.8, 4) is 0 Å². The van der Waals surface area contributed by atoms with E-state index >= 15 is 0 Å². The van der Waals surface area contributed by atoms with Gasteiger partial charge in [0, 0.05) is 49.8 Å². The van der Waals surface area contributed by atoms with Gasteiger partial charge in [0.1, 0.15) is 5.82 Å². The largest absolute Gasteiger partial charge is 0.360 e. The monoisotopic (exact) mass is 337 g/mol. The van der Waals surface area contributed by atoms with E-state index in [-0.39, 0.29) is 11.7 Å². The molecule has 1 fully saturated rings. The molecule has 0 saturated carbocycles. The van der Waals surface area contributed by atoms with Crippen LogP contribution >= 0.6 is 0 Å². The number of piperazine rings is 1. The van der Waals surface area contributed by atoms with Crippen LogP contribution in [0.25, 0.3) is 10.9 Å². The second-order valence-electron chi connectivity index (χ2n) is 6.45. The van der Waals surface area contributed by atoms with E-state index in [2.05, 4.69) is 22.0 Å². The molecule has 25 heavy (non-hydrogen) atoms. The molecule has 128 valence electrons. The van der Waals surface area contributed by atoms with Crippen LogP contribution in [0.5, 0.6) is 0 Å². The minimum absolute atomic E-state index is 0.0313. The van der Waals surface area contributed by atoms with Crippen LogP contribution in [0.2, 0.25) is 0 Å². The average Bonchev–Trinajstić information content (AvgIpc) is 3.05. The maximum Gasteiger partial charge on any atom is 0.256 e. The second kappa shape index (κ2) is 6.69. The highest BCUT2D eigenvalue weighted by molar-refractivity contribution is 6.06. The zero-order chi connectivity index (χ0) is 17.2. The molecule has 0 unspecified atom stereocenters. The van der Waals surface area contributed by atoms with Crippen molar-refractivity contribution < 1.29 is 9.18 Å². The molecular formula is C20H20FN3O. The highest BCUT2D eigenvalue weighted by Crippen LogP contribution is 2.21. The van der Waals surface area contributed by atoms with Crippen LogP contribution in [0, 0.1) is 5.82 Å². The van der Waals surface area contributed by atoms with Crippen molar-refractivity contribution in [3.05, 3.63) is 71.7 Å². The third-order valence-corrected chi connectivity index (χ3v) is 4.78. The van der Waals surface area contributed by atoms with Gasteiger partial charge in [0.05, 0.1) is 5.56 Å². The third kappa shape index (κ3) is 3.28. The summed E-state index contributed by atoms with van der Waals surface area (Å²) >= 11 is 0. The van der Waals surface area contributed by atoms with Crippen molar-refractivity contribution in [2.45, 2.75) is 6.54 Å². The highest BCUT2D eigenvalue weighted by atomic mass is 19.1. The van der Waals surface area contributed by atoms with Gasteiger partial charge in [-0.05, 0) is 23.8 Å². The summed E-state index contributed by atoms with van der Waals surface area (Å²) in [6.07, 6.45) is 1.68. The minimum Gasteiger partial charge on any atom is -0.360 e. The van der Waals surface area contributed by atoms with Gasteiger partial charge in [-0.25, -0.2) is 4.39 Å². The zero-order valence-electron chi connectivity index (χ0n) is 13.9. The van der Waals surface area contributed by atoms with Gasteiger partial charge in [0.2, 0.25) is 0 Å². The molecule has 1 aliphatic rings. The van der Waals surface area contributed by atoms with Crippen molar-refractivity contribution in [1.82, 2.24) is 14.8 Å². The van der Waals surface area contributed by atoms with Crippen molar-refractivity contribution in [2.75, 3.05) is 26.2 Å². The second-order valence-corrected chi connectivity index (χ2v) is 6.45. The number of hydrogen-bond donors (Lipinski definition) is 1. The standard InChI is InChI=1S/C20H20FN3O/c21-16-6-7-19-17(12-16)18(13-22-19)20(25)24-10-8-23(9-11-24)14-15-4-2-1-3-5-15/h1-7,12-13,22H,8-11,14H2. The SMILES string of the molecule is O=C(c1c[nH]c2ccc(F)cc12)N1CCN(Cc2ccccc2)CC1. The van der Waals surface area contributed by atoms with Gasteiger partial charge in [-0.3, -0.25) is 9.69 Å². The van der Waals surface area contributed by atoms with Gasteiger partial charge in [-0.15, -0.1) is 0 Å². The van der Waals surface area contributed by atoms with Crippen molar-refractivity contribution in [1.29, 1.82) is 0 Å². The van der Waals surface area contributed by atoms with E-state index in [1.807, 2.05) is 23.1 Å². The van der Waals surface area contributed by atoms with E-state index in [9.17, 15) is 9.18 Å². The molecule has 0 atom stereocenters. The Hall–Kier alpha value is -2.66. The molecule has 0 bridgehead atoms. The maximum atomic E-state index is 13.5. The summed E-state index contributed by atoms with van der Waals surface area (Å²) in [5.41, 5.74) is 2.62. The molecular weight excluding hydrogens is 317 g/mol. The van der Waals surface area contributed by atoms with Gasteiger partial charge in [-0.2, -0.15) is 0 Å². The van der Waals surface area contributed by atoms with E-state index < -0.39 is 0 Å².